The average Bonchev–Trinajstić information content (AvgIpc) is 2.78. The van der Waals surface area contributed by atoms with Gasteiger partial charge < -0.3 is 0 Å². The molecular formula is C22H66. The van der Waals surface area contributed by atoms with Crippen molar-refractivity contribution in [3.8, 4) is 0 Å². The molecule has 0 heterocycles. The quantitative estimate of drug-likeness (QED) is 0.414. The molecule has 0 N–H and O–H groups in total. The van der Waals surface area contributed by atoms with Crippen LogP contribution in [0.3, 0.4) is 0 Å². The lowest BCUT2D eigenvalue weighted by molar-refractivity contribution is 1.50. The molecule has 0 fully saturated rings. The molecular weight excluding hydrogens is 264 g/mol. The van der Waals surface area contributed by atoms with E-state index in [-0.39, 0.29) is 0 Å². The molecule has 0 rings (SSSR count). The van der Waals surface area contributed by atoms with E-state index in [4.69, 9.17) is 0 Å². The first-order valence-corrected chi connectivity index (χ1v) is 11.0. The van der Waals surface area contributed by atoms with Crippen molar-refractivity contribution in [1.82, 2.24) is 0 Å². The van der Waals surface area contributed by atoms with E-state index in [2.05, 4.69) is 0 Å². The van der Waals surface area contributed by atoms with Gasteiger partial charge in [0.25, 0.3) is 0 Å². The van der Waals surface area contributed by atoms with Crippen LogP contribution in [0.25, 0.3) is 0 Å². The third-order valence-electron chi connectivity index (χ3n) is 0. The van der Waals surface area contributed by atoms with Crippen LogP contribution in [0.1, 0.15) is 152 Å². The minimum Gasteiger partial charge on any atom is -0.0683 e. The van der Waals surface area contributed by atoms with E-state index in [9.17, 15) is 0 Å². The summed E-state index contributed by atoms with van der Waals surface area (Å²) in [5.41, 5.74) is 0. The summed E-state index contributed by atoms with van der Waals surface area (Å²) >= 11 is 0. The Labute approximate surface area is 152 Å². The molecule has 0 aromatic rings. The van der Waals surface area contributed by atoms with Crippen molar-refractivity contribution in [1.29, 1.82) is 0 Å². The molecule has 0 unspecified atom stereocenters. The Kier molecular flexibility index (Phi) is 0. The lowest BCUT2D eigenvalue weighted by atomic mass is 11.0. The van der Waals surface area contributed by atoms with Crippen LogP contribution >= 0.6 is 0 Å². The van der Waals surface area contributed by atoms with E-state index in [0.717, 1.165) is 0 Å². The summed E-state index contributed by atoms with van der Waals surface area (Å²) in [6.45, 7) is 44.0. The predicted molar refractivity (Wildman–Crippen MR) is 125 cm³/mol. The van der Waals surface area contributed by atoms with Gasteiger partial charge in [-0.05, 0) is 0 Å². The summed E-state index contributed by atoms with van der Waals surface area (Å²) in [6.07, 6.45) is 0. The molecule has 0 aromatic carbocycles. The van der Waals surface area contributed by atoms with Crippen LogP contribution in [0.2, 0.25) is 0 Å². The van der Waals surface area contributed by atoms with Gasteiger partial charge in [-0.1, -0.05) is 152 Å². The molecule has 0 saturated carbocycles. The third-order valence-corrected chi connectivity index (χ3v) is 0. The monoisotopic (exact) mass is 331 g/mol. The lowest BCUT2D eigenvalue weighted by Gasteiger charge is -1.07. The van der Waals surface area contributed by atoms with Crippen molar-refractivity contribution >= 4 is 0 Å². The van der Waals surface area contributed by atoms with Gasteiger partial charge in [0.05, 0.1) is 0 Å². The highest BCUT2D eigenvalue weighted by atomic mass is 13.0. The van der Waals surface area contributed by atoms with Crippen LogP contribution in [0, 0.1) is 0 Å². The highest BCUT2D eigenvalue weighted by Crippen LogP contribution is 1.16. The minimum absolute atomic E-state index is 2.00. The second-order valence-electron chi connectivity index (χ2n) is 0. The Morgan fingerprint density at radius 1 is 0.0909 bits per heavy atom. The number of hydrogen-bond acceptors (Lipinski definition) is 0. The van der Waals surface area contributed by atoms with Crippen LogP contribution in [0.15, 0.2) is 0 Å². The summed E-state index contributed by atoms with van der Waals surface area (Å²) < 4.78 is 0. The van der Waals surface area contributed by atoms with Crippen molar-refractivity contribution in [2.45, 2.75) is 152 Å². The normalized spacial score (nSPS) is 3.00. The zero-order valence-electron chi connectivity index (χ0n) is 22.0. The third kappa shape index (κ3) is 0. The van der Waals surface area contributed by atoms with Crippen molar-refractivity contribution in [3.05, 3.63) is 0 Å². The molecule has 0 aliphatic heterocycles. The fourth-order valence-corrected chi connectivity index (χ4v) is 0. The molecule has 0 aliphatic carbocycles. The van der Waals surface area contributed by atoms with Gasteiger partial charge >= 0.3 is 0 Å². The SMILES string of the molecule is CC.CC.CC.CC.CC.CC.CC.CC.CC.CC.CC. The Hall–Kier alpha value is 0. The molecule has 0 radical (unpaired) electrons. The van der Waals surface area contributed by atoms with Gasteiger partial charge in [0.15, 0.2) is 0 Å². The average molecular weight is 331 g/mol. The van der Waals surface area contributed by atoms with Crippen molar-refractivity contribution < 1.29 is 0 Å². The van der Waals surface area contributed by atoms with E-state index in [1.165, 1.54) is 0 Å². The van der Waals surface area contributed by atoms with Gasteiger partial charge in [0, 0.05) is 0 Å². The van der Waals surface area contributed by atoms with Gasteiger partial charge in [0.2, 0.25) is 0 Å². The Balaban J connectivity index is -0.00000000672. The zero-order chi connectivity index (χ0) is 22.0. The largest absolute Gasteiger partial charge is 0.0683 e. The Morgan fingerprint density at radius 2 is 0.0909 bits per heavy atom. The van der Waals surface area contributed by atoms with Gasteiger partial charge in [0.1, 0.15) is 0 Å². The lowest BCUT2D eigenvalue weighted by Crippen LogP contribution is -0.856. The summed E-state index contributed by atoms with van der Waals surface area (Å²) in [4.78, 5) is 0. The van der Waals surface area contributed by atoms with Gasteiger partial charge in [-0.3, -0.25) is 0 Å². The highest BCUT2D eigenvalue weighted by Gasteiger charge is 0.952. The molecule has 0 atom stereocenters. The summed E-state index contributed by atoms with van der Waals surface area (Å²) in [7, 11) is 0. The fourth-order valence-electron chi connectivity index (χ4n) is 0. The zero-order valence-corrected chi connectivity index (χ0v) is 22.0. The first-order chi connectivity index (χ1) is 11.0. The summed E-state index contributed by atoms with van der Waals surface area (Å²) in [5.74, 6) is 0. The van der Waals surface area contributed by atoms with Crippen LogP contribution in [0.5, 0.6) is 0 Å². The molecule has 22 heavy (non-hydrogen) atoms. The van der Waals surface area contributed by atoms with Gasteiger partial charge in [-0.25, -0.2) is 0 Å². The van der Waals surface area contributed by atoms with E-state index in [1.807, 2.05) is 152 Å². The highest BCUT2D eigenvalue weighted by molar-refractivity contribution is 3.52. The second-order valence-corrected chi connectivity index (χ2v) is 0. The first-order valence-electron chi connectivity index (χ1n) is 11.0. The van der Waals surface area contributed by atoms with Crippen LogP contribution in [-0.4, -0.2) is 0 Å². The van der Waals surface area contributed by atoms with E-state index in [1.54, 1.807) is 0 Å². The van der Waals surface area contributed by atoms with E-state index in [0.29, 0.717) is 0 Å². The molecule has 0 bridgehead atoms. The molecule has 0 saturated heterocycles. The number of rotatable bonds is 0. The van der Waals surface area contributed by atoms with Crippen molar-refractivity contribution in [2.75, 3.05) is 0 Å². The molecule has 0 aromatic heterocycles. The Morgan fingerprint density at radius 3 is 0.0909 bits per heavy atom. The second kappa shape index (κ2) is 0. The van der Waals surface area contributed by atoms with Gasteiger partial charge in [-0.15, -0.1) is 0 Å². The molecule has 154 valence electrons. The van der Waals surface area contributed by atoms with Crippen LogP contribution < -0.4 is 0 Å². The van der Waals surface area contributed by atoms with Gasteiger partial charge in [-0.2, -0.15) is 0 Å². The maximum absolute atomic E-state index is 2.00. The first kappa shape index (κ1) is 80.2. The smallest absolute Gasteiger partial charge is 0.0683 e. The molecule has 0 spiro atoms. The Bertz CT molecular complexity index is 0. The maximum Gasteiger partial charge on any atom is -0.0683 e. The number of hydrogen-bond donors (Lipinski definition) is 0. The minimum atomic E-state index is 2.00. The van der Waals surface area contributed by atoms with Crippen molar-refractivity contribution in [3.63, 3.8) is 0 Å². The molecule has 0 nitrogen and oxygen atoms in total. The van der Waals surface area contributed by atoms with E-state index >= 15 is 0 Å². The standard InChI is InChI=1S/11C2H6/c11*1-2/h11*1-2H3. The van der Waals surface area contributed by atoms with Crippen molar-refractivity contribution in [2.24, 2.45) is 0 Å². The van der Waals surface area contributed by atoms with Crippen LogP contribution in [-0.2, 0) is 0 Å². The summed E-state index contributed by atoms with van der Waals surface area (Å²) in [6, 6.07) is 0. The van der Waals surface area contributed by atoms with E-state index < -0.39 is 0 Å². The summed E-state index contributed by atoms with van der Waals surface area (Å²) in [5, 5.41) is 0. The molecule has 0 heteroatoms. The molecule has 0 amide bonds. The maximum atomic E-state index is 2.00. The van der Waals surface area contributed by atoms with Crippen LogP contribution in [0.4, 0.5) is 0 Å². The predicted octanol–water partition coefficient (Wildman–Crippen LogP) is 11.3. The molecule has 0 aliphatic rings. The fraction of sp³-hybridized carbons (Fsp3) is 1.00. The topological polar surface area (TPSA) is 0 Å².